The highest BCUT2D eigenvalue weighted by molar-refractivity contribution is 5.95. The molecule has 0 amide bonds. The minimum atomic E-state index is -1.40. The number of ether oxygens (including phenoxy) is 6. The third-order valence-corrected chi connectivity index (χ3v) is 5.95. The van der Waals surface area contributed by atoms with Crippen LogP contribution in [0.3, 0.4) is 0 Å². The Bertz CT molecular complexity index is 918. The fourth-order valence-corrected chi connectivity index (χ4v) is 4.60. The number of hydrogen-bond acceptors (Lipinski definition) is 10. The standard InChI is InChI=1S/C22H28O10/c1-12(23)28-11-15-18-16(30-19(15)26)9-20(4)7-8-22(27-6,32-20)21(5,31-14(3)25)10-17(18)29-13(2)24/h9,17H,7-8,10-11H2,1-6H3/b16-9+/t17-,20-,21+,22+/m1/s1. The lowest BCUT2D eigenvalue weighted by Crippen LogP contribution is -2.58. The van der Waals surface area contributed by atoms with Crippen molar-refractivity contribution in [2.45, 2.75) is 77.0 Å². The van der Waals surface area contributed by atoms with Gasteiger partial charge in [0.05, 0.1) is 11.2 Å². The van der Waals surface area contributed by atoms with Gasteiger partial charge in [-0.3, -0.25) is 14.4 Å². The average molecular weight is 452 g/mol. The van der Waals surface area contributed by atoms with Gasteiger partial charge in [0.2, 0.25) is 5.79 Å². The van der Waals surface area contributed by atoms with E-state index in [4.69, 9.17) is 28.4 Å². The Hall–Kier alpha value is -2.72. The highest BCUT2D eigenvalue weighted by atomic mass is 16.7. The fourth-order valence-electron chi connectivity index (χ4n) is 4.60. The lowest BCUT2D eigenvalue weighted by atomic mass is 9.82. The molecular formula is C22H28O10. The fraction of sp³-hybridized carbons (Fsp3) is 0.636. The highest BCUT2D eigenvalue weighted by Crippen LogP contribution is 2.52. The van der Waals surface area contributed by atoms with Gasteiger partial charge < -0.3 is 28.4 Å². The van der Waals surface area contributed by atoms with Crippen LogP contribution in [0.2, 0.25) is 0 Å². The van der Waals surface area contributed by atoms with Crippen LogP contribution in [-0.4, -0.2) is 60.7 Å². The summed E-state index contributed by atoms with van der Waals surface area (Å²) in [4.78, 5) is 48.1. The van der Waals surface area contributed by atoms with E-state index in [0.29, 0.717) is 12.8 Å². The van der Waals surface area contributed by atoms with Crippen molar-refractivity contribution in [3.8, 4) is 0 Å². The van der Waals surface area contributed by atoms with Gasteiger partial charge in [0.25, 0.3) is 0 Å². The van der Waals surface area contributed by atoms with E-state index in [2.05, 4.69) is 0 Å². The summed E-state index contributed by atoms with van der Waals surface area (Å²) in [7, 11) is 1.45. The third-order valence-electron chi connectivity index (χ3n) is 5.95. The van der Waals surface area contributed by atoms with E-state index in [9.17, 15) is 19.2 Å². The molecule has 0 aromatic rings. The topological polar surface area (TPSA) is 124 Å². The lowest BCUT2D eigenvalue weighted by molar-refractivity contribution is -0.313. The lowest BCUT2D eigenvalue weighted by Gasteiger charge is -2.45. The molecule has 32 heavy (non-hydrogen) atoms. The molecular weight excluding hydrogens is 424 g/mol. The number of fused-ring (bicyclic) bond motifs is 3. The van der Waals surface area contributed by atoms with E-state index in [1.807, 2.05) is 0 Å². The van der Waals surface area contributed by atoms with Gasteiger partial charge in [-0.2, -0.15) is 0 Å². The highest BCUT2D eigenvalue weighted by Gasteiger charge is 2.62. The Morgan fingerprint density at radius 3 is 2.34 bits per heavy atom. The number of hydrogen-bond donors (Lipinski definition) is 0. The van der Waals surface area contributed by atoms with E-state index in [1.165, 1.54) is 27.9 Å². The normalized spacial score (nSPS) is 35.5. The van der Waals surface area contributed by atoms with Gasteiger partial charge in [0.1, 0.15) is 18.5 Å². The molecule has 10 heteroatoms. The van der Waals surface area contributed by atoms with E-state index in [-0.39, 0.29) is 29.9 Å². The summed E-state index contributed by atoms with van der Waals surface area (Å²) in [5.74, 6) is -3.72. The van der Waals surface area contributed by atoms with Gasteiger partial charge in [0.15, 0.2) is 5.60 Å². The second kappa shape index (κ2) is 8.32. The number of rotatable bonds is 5. The van der Waals surface area contributed by atoms with Crippen LogP contribution in [0.1, 0.15) is 53.9 Å². The Balaban J connectivity index is 2.23. The summed E-state index contributed by atoms with van der Waals surface area (Å²) in [5.41, 5.74) is -2.07. The third kappa shape index (κ3) is 4.29. The van der Waals surface area contributed by atoms with Gasteiger partial charge in [-0.25, -0.2) is 4.79 Å². The molecule has 3 heterocycles. The summed E-state index contributed by atoms with van der Waals surface area (Å²) in [6.45, 7) is 6.75. The van der Waals surface area contributed by atoms with Gasteiger partial charge >= 0.3 is 23.9 Å². The molecule has 1 saturated heterocycles. The van der Waals surface area contributed by atoms with Gasteiger partial charge in [-0.05, 0) is 26.3 Å². The molecule has 0 N–H and O–H groups in total. The van der Waals surface area contributed by atoms with Crippen LogP contribution >= 0.6 is 0 Å². The molecule has 0 spiro atoms. The summed E-state index contributed by atoms with van der Waals surface area (Å²) < 4.78 is 33.9. The Labute approximate surface area is 185 Å². The number of carbonyl (C=O) groups excluding carboxylic acids is 4. The van der Waals surface area contributed by atoms with E-state index >= 15 is 0 Å². The van der Waals surface area contributed by atoms with Crippen LogP contribution in [-0.2, 0) is 47.6 Å². The predicted octanol–water partition coefficient (Wildman–Crippen LogP) is 1.86. The molecule has 2 bridgehead atoms. The maximum atomic E-state index is 12.7. The van der Waals surface area contributed by atoms with Gasteiger partial charge in [-0.1, -0.05) is 0 Å². The predicted molar refractivity (Wildman–Crippen MR) is 107 cm³/mol. The zero-order chi connectivity index (χ0) is 23.9. The Morgan fingerprint density at radius 1 is 1.09 bits per heavy atom. The summed E-state index contributed by atoms with van der Waals surface area (Å²) >= 11 is 0. The minimum absolute atomic E-state index is 0.0377. The Morgan fingerprint density at radius 2 is 1.78 bits per heavy atom. The van der Waals surface area contributed by atoms with Crippen LogP contribution in [0.5, 0.6) is 0 Å². The maximum Gasteiger partial charge on any atom is 0.343 e. The van der Waals surface area contributed by atoms with Crippen molar-refractivity contribution >= 4 is 23.9 Å². The number of carbonyl (C=O) groups is 4. The first kappa shape index (κ1) is 23.9. The molecule has 0 aromatic carbocycles. The molecule has 0 unspecified atom stereocenters. The molecule has 0 saturated carbocycles. The van der Waals surface area contributed by atoms with Crippen molar-refractivity contribution in [3.05, 3.63) is 23.0 Å². The zero-order valence-electron chi connectivity index (χ0n) is 19.1. The maximum absolute atomic E-state index is 12.7. The summed E-state index contributed by atoms with van der Waals surface area (Å²) in [6, 6.07) is 0. The van der Waals surface area contributed by atoms with E-state index in [1.54, 1.807) is 19.9 Å². The van der Waals surface area contributed by atoms with E-state index < -0.39 is 47.0 Å². The second-order valence-corrected chi connectivity index (χ2v) is 8.57. The van der Waals surface area contributed by atoms with Crippen molar-refractivity contribution in [3.63, 3.8) is 0 Å². The quantitative estimate of drug-likeness (QED) is 0.451. The zero-order valence-corrected chi connectivity index (χ0v) is 19.1. The molecule has 1 fully saturated rings. The molecule has 3 aliphatic rings. The van der Waals surface area contributed by atoms with Crippen LogP contribution in [0.15, 0.2) is 23.0 Å². The summed E-state index contributed by atoms with van der Waals surface area (Å²) in [5, 5.41) is 0. The van der Waals surface area contributed by atoms with Gasteiger partial charge in [-0.15, -0.1) is 0 Å². The van der Waals surface area contributed by atoms with Gasteiger partial charge in [0, 0.05) is 46.3 Å². The smallest absolute Gasteiger partial charge is 0.343 e. The Kier molecular flexibility index (Phi) is 6.23. The molecule has 3 aliphatic heterocycles. The van der Waals surface area contributed by atoms with Crippen LogP contribution < -0.4 is 0 Å². The molecule has 176 valence electrons. The largest absolute Gasteiger partial charge is 0.461 e. The van der Waals surface area contributed by atoms with Crippen LogP contribution in [0.25, 0.3) is 0 Å². The summed E-state index contributed by atoms with van der Waals surface area (Å²) in [6.07, 6.45) is 1.30. The number of methoxy groups -OCH3 is 1. The second-order valence-electron chi connectivity index (χ2n) is 8.57. The first-order chi connectivity index (χ1) is 14.8. The SMILES string of the molecule is CO[C@]12CC[C@](C)(/C=C3/OC(=O)C(COC(C)=O)=C3[C@H](OC(C)=O)C[C@]1(C)OC(C)=O)O2. The first-order valence-electron chi connectivity index (χ1n) is 10.3. The minimum Gasteiger partial charge on any atom is -0.461 e. The monoisotopic (exact) mass is 452 g/mol. The van der Waals surface area contributed by atoms with Crippen molar-refractivity contribution < 1.29 is 47.6 Å². The van der Waals surface area contributed by atoms with E-state index in [0.717, 1.165) is 0 Å². The van der Waals surface area contributed by atoms with Crippen molar-refractivity contribution in [1.29, 1.82) is 0 Å². The molecule has 0 radical (unpaired) electrons. The van der Waals surface area contributed by atoms with Crippen molar-refractivity contribution in [2.24, 2.45) is 0 Å². The molecule has 0 aromatic heterocycles. The van der Waals surface area contributed by atoms with Crippen molar-refractivity contribution in [1.82, 2.24) is 0 Å². The first-order valence-corrected chi connectivity index (χ1v) is 10.3. The molecule has 0 aliphatic carbocycles. The van der Waals surface area contributed by atoms with Crippen LogP contribution in [0.4, 0.5) is 0 Å². The molecule has 4 atom stereocenters. The number of esters is 4. The van der Waals surface area contributed by atoms with Crippen LogP contribution in [0, 0.1) is 0 Å². The van der Waals surface area contributed by atoms with Crippen molar-refractivity contribution in [2.75, 3.05) is 13.7 Å². The molecule has 10 nitrogen and oxygen atoms in total. The average Bonchev–Trinajstić information content (AvgIpc) is 3.16. The molecule has 3 rings (SSSR count).